The first kappa shape index (κ1) is 20.8. The number of hydrogen-bond donors (Lipinski definition) is 1. The van der Waals surface area contributed by atoms with Gasteiger partial charge in [0.1, 0.15) is 11.5 Å². The van der Waals surface area contributed by atoms with Crippen LogP contribution in [0.3, 0.4) is 0 Å². The SMILES string of the molecule is Cc1nc2c(-c3ccc(Cl)cc3F)nc(C3CCOC(c4cn[nH]c4)C3)cn2c(=O)c1C. The molecule has 0 amide bonds. The molecular formula is C23H21ClFN5O2. The number of aromatic nitrogens is 5. The number of halogens is 2. The molecule has 4 aromatic rings. The number of hydrogen-bond acceptors (Lipinski definition) is 5. The zero-order valence-electron chi connectivity index (χ0n) is 17.6. The monoisotopic (exact) mass is 453 g/mol. The first-order valence-electron chi connectivity index (χ1n) is 10.4. The fourth-order valence-electron chi connectivity index (χ4n) is 4.15. The van der Waals surface area contributed by atoms with E-state index in [2.05, 4.69) is 15.2 Å². The fourth-order valence-corrected chi connectivity index (χ4v) is 4.31. The van der Waals surface area contributed by atoms with Crippen molar-refractivity contribution in [1.29, 1.82) is 0 Å². The van der Waals surface area contributed by atoms with Crippen LogP contribution in [-0.4, -0.2) is 31.2 Å². The van der Waals surface area contributed by atoms with Gasteiger partial charge in [0.15, 0.2) is 5.65 Å². The minimum Gasteiger partial charge on any atom is -0.373 e. The minimum atomic E-state index is -0.514. The molecule has 2 atom stereocenters. The third-order valence-electron chi connectivity index (χ3n) is 6.08. The van der Waals surface area contributed by atoms with Gasteiger partial charge in [0.25, 0.3) is 5.56 Å². The first-order chi connectivity index (χ1) is 15.4. The Labute approximate surface area is 188 Å². The molecule has 1 saturated heterocycles. The number of fused-ring (bicyclic) bond motifs is 1. The molecule has 4 heterocycles. The van der Waals surface area contributed by atoms with Gasteiger partial charge < -0.3 is 4.74 Å². The van der Waals surface area contributed by atoms with Crippen LogP contribution in [0.4, 0.5) is 4.39 Å². The number of nitrogens with one attached hydrogen (secondary N) is 1. The van der Waals surface area contributed by atoms with Crippen LogP contribution in [0, 0.1) is 19.7 Å². The summed E-state index contributed by atoms with van der Waals surface area (Å²) in [5, 5.41) is 7.11. The van der Waals surface area contributed by atoms with Gasteiger partial charge in [-0.3, -0.25) is 14.3 Å². The van der Waals surface area contributed by atoms with Gasteiger partial charge in [0.2, 0.25) is 0 Å². The van der Waals surface area contributed by atoms with Gasteiger partial charge in [-0.1, -0.05) is 11.6 Å². The second kappa shape index (κ2) is 8.11. The number of H-pyrrole nitrogens is 1. The zero-order chi connectivity index (χ0) is 22.4. The van der Waals surface area contributed by atoms with Crippen LogP contribution in [0.25, 0.3) is 16.9 Å². The molecule has 32 heavy (non-hydrogen) atoms. The zero-order valence-corrected chi connectivity index (χ0v) is 18.4. The van der Waals surface area contributed by atoms with Crippen molar-refractivity contribution in [1.82, 2.24) is 24.6 Å². The molecule has 1 aliphatic rings. The summed E-state index contributed by atoms with van der Waals surface area (Å²) in [6.45, 7) is 4.05. The van der Waals surface area contributed by atoms with E-state index in [-0.39, 0.29) is 28.2 Å². The van der Waals surface area contributed by atoms with Crippen molar-refractivity contribution >= 4 is 17.2 Å². The smallest absolute Gasteiger partial charge is 0.261 e. The fraction of sp³-hybridized carbons (Fsp3) is 0.304. The lowest BCUT2D eigenvalue weighted by Crippen LogP contribution is -2.24. The Balaban J connectivity index is 1.69. The molecule has 0 bridgehead atoms. The Hall–Kier alpha value is -3.10. The average Bonchev–Trinajstić information content (AvgIpc) is 3.33. The first-order valence-corrected chi connectivity index (χ1v) is 10.8. The van der Waals surface area contributed by atoms with Crippen molar-refractivity contribution in [3.05, 3.63) is 80.5 Å². The Bertz CT molecular complexity index is 1370. The molecule has 3 aromatic heterocycles. The Kier molecular flexibility index (Phi) is 5.27. The number of ether oxygens (including phenoxy) is 1. The van der Waals surface area contributed by atoms with Gasteiger partial charge in [-0.15, -0.1) is 0 Å². The highest BCUT2D eigenvalue weighted by Crippen LogP contribution is 2.37. The molecule has 1 aromatic carbocycles. The van der Waals surface area contributed by atoms with Crippen molar-refractivity contribution < 1.29 is 9.13 Å². The topological polar surface area (TPSA) is 85.2 Å². The van der Waals surface area contributed by atoms with E-state index >= 15 is 0 Å². The highest BCUT2D eigenvalue weighted by Gasteiger charge is 2.28. The van der Waals surface area contributed by atoms with Crippen LogP contribution in [0.1, 0.15) is 47.4 Å². The summed E-state index contributed by atoms with van der Waals surface area (Å²) in [6.07, 6.45) is 6.58. The van der Waals surface area contributed by atoms with E-state index in [0.29, 0.717) is 41.3 Å². The molecule has 9 heteroatoms. The number of aromatic amines is 1. The predicted octanol–water partition coefficient (Wildman–Crippen LogP) is 4.52. The summed E-state index contributed by atoms with van der Waals surface area (Å²) in [4.78, 5) is 22.5. The quantitative estimate of drug-likeness (QED) is 0.492. The van der Waals surface area contributed by atoms with Crippen LogP contribution >= 0.6 is 11.6 Å². The van der Waals surface area contributed by atoms with E-state index in [0.717, 1.165) is 12.0 Å². The Morgan fingerprint density at radius 3 is 2.88 bits per heavy atom. The van der Waals surface area contributed by atoms with Gasteiger partial charge in [-0.05, 0) is 44.9 Å². The Morgan fingerprint density at radius 1 is 1.28 bits per heavy atom. The molecule has 5 rings (SSSR count). The molecule has 2 unspecified atom stereocenters. The standard InChI is InChI=1S/C23H21ClFN5O2/c1-12-13(2)28-22-21(17-4-3-16(24)8-18(17)25)29-19(11-30(22)23(12)31)14-5-6-32-20(7-14)15-9-26-27-10-15/h3-4,8-11,14,20H,5-7H2,1-2H3,(H,26,27). The third-order valence-corrected chi connectivity index (χ3v) is 6.31. The van der Waals surface area contributed by atoms with Crippen LogP contribution < -0.4 is 5.56 Å². The number of aryl methyl sites for hydroxylation is 1. The molecular weight excluding hydrogens is 433 g/mol. The number of rotatable bonds is 3. The van der Waals surface area contributed by atoms with E-state index < -0.39 is 5.82 Å². The van der Waals surface area contributed by atoms with Crippen molar-refractivity contribution in [3.63, 3.8) is 0 Å². The van der Waals surface area contributed by atoms with Gasteiger partial charge in [-0.25, -0.2) is 14.4 Å². The summed E-state index contributed by atoms with van der Waals surface area (Å²) >= 11 is 5.96. The lowest BCUT2D eigenvalue weighted by Gasteiger charge is -2.29. The maximum atomic E-state index is 14.9. The number of benzene rings is 1. The molecule has 0 radical (unpaired) electrons. The molecule has 0 spiro atoms. The second-order valence-corrected chi connectivity index (χ2v) is 8.51. The molecule has 7 nitrogen and oxygen atoms in total. The predicted molar refractivity (Wildman–Crippen MR) is 118 cm³/mol. The maximum absolute atomic E-state index is 14.9. The van der Waals surface area contributed by atoms with Gasteiger partial charge in [-0.2, -0.15) is 5.10 Å². The molecule has 164 valence electrons. The summed E-state index contributed by atoms with van der Waals surface area (Å²) in [6, 6.07) is 4.42. The lowest BCUT2D eigenvalue weighted by molar-refractivity contribution is 0.00461. The highest BCUT2D eigenvalue weighted by molar-refractivity contribution is 6.30. The van der Waals surface area contributed by atoms with Crippen LogP contribution in [0.5, 0.6) is 0 Å². The minimum absolute atomic E-state index is 0.0238. The van der Waals surface area contributed by atoms with Gasteiger partial charge >= 0.3 is 0 Å². The summed E-state index contributed by atoms with van der Waals surface area (Å²) in [5.74, 6) is -0.490. The van der Waals surface area contributed by atoms with E-state index in [9.17, 15) is 9.18 Å². The van der Waals surface area contributed by atoms with E-state index in [1.54, 1.807) is 38.4 Å². The number of nitrogens with zero attached hydrogens (tertiary/aromatic N) is 4. The normalized spacial score (nSPS) is 18.9. The van der Waals surface area contributed by atoms with Crippen molar-refractivity contribution in [2.45, 2.75) is 38.7 Å². The molecule has 1 aliphatic heterocycles. The lowest BCUT2D eigenvalue weighted by atomic mass is 9.90. The maximum Gasteiger partial charge on any atom is 0.261 e. The van der Waals surface area contributed by atoms with Crippen molar-refractivity contribution in [2.24, 2.45) is 0 Å². The second-order valence-electron chi connectivity index (χ2n) is 8.07. The molecule has 1 N–H and O–H groups in total. The molecule has 0 aliphatic carbocycles. The van der Waals surface area contributed by atoms with Crippen molar-refractivity contribution in [3.8, 4) is 11.3 Å². The van der Waals surface area contributed by atoms with Crippen LogP contribution in [0.15, 0.2) is 41.6 Å². The summed E-state index contributed by atoms with van der Waals surface area (Å²) in [5.41, 5.74) is 3.50. The van der Waals surface area contributed by atoms with E-state index in [4.69, 9.17) is 21.3 Å². The molecule has 0 saturated carbocycles. The van der Waals surface area contributed by atoms with E-state index in [1.165, 1.54) is 10.5 Å². The molecule has 1 fully saturated rings. The van der Waals surface area contributed by atoms with Gasteiger partial charge in [0, 0.05) is 52.3 Å². The van der Waals surface area contributed by atoms with Crippen LogP contribution in [0.2, 0.25) is 5.02 Å². The average molecular weight is 454 g/mol. The largest absolute Gasteiger partial charge is 0.373 e. The highest BCUT2D eigenvalue weighted by atomic mass is 35.5. The van der Waals surface area contributed by atoms with Gasteiger partial charge in [0.05, 0.1) is 18.0 Å². The Morgan fingerprint density at radius 2 is 2.12 bits per heavy atom. The summed E-state index contributed by atoms with van der Waals surface area (Å²) in [7, 11) is 0. The van der Waals surface area contributed by atoms with Crippen LogP contribution in [-0.2, 0) is 4.74 Å². The van der Waals surface area contributed by atoms with E-state index in [1.807, 2.05) is 6.20 Å². The third kappa shape index (κ3) is 3.59. The summed E-state index contributed by atoms with van der Waals surface area (Å²) < 4.78 is 22.3. The van der Waals surface area contributed by atoms with Crippen molar-refractivity contribution in [2.75, 3.05) is 6.61 Å².